The Morgan fingerprint density at radius 1 is 1.28 bits per heavy atom. The van der Waals surface area contributed by atoms with E-state index in [0.29, 0.717) is 6.42 Å². The zero-order valence-corrected chi connectivity index (χ0v) is 10.9. The molecular weight excluding hydrogens is 246 g/mol. The van der Waals surface area contributed by atoms with E-state index in [-0.39, 0.29) is 5.97 Å². The fraction of sp³-hybridized carbons (Fsp3) is 0.214. The number of ether oxygens (including phenoxy) is 1. The van der Waals surface area contributed by atoms with Crippen LogP contribution in [0.1, 0.15) is 5.56 Å². The first-order chi connectivity index (χ1) is 8.70. The van der Waals surface area contributed by atoms with Crippen molar-refractivity contribution in [2.75, 3.05) is 7.11 Å². The molecule has 2 rings (SSSR count). The molecule has 2 aromatic rings. The maximum atomic E-state index is 11.2. The lowest BCUT2D eigenvalue weighted by Gasteiger charge is -2.09. The summed E-state index contributed by atoms with van der Waals surface area (Å²) in [5.41, 5.74) is 9.14. The first-order valence-corrected chi connectivity index (χ1v) is 6.60. The molecule has 94 valence electrons. The largest absolute Gasteiger partial charge is 0.468 e. The standard InChI is InChI=1S/C14H15NO2S/c1-17-14(16)13(15)8-10-2-4-11(5-3-10)12-6-7-18-9-12/h2-7,9,13H,8,15H2,1H3/t13-/m1/s1. The van der Waals surface area contributed by atoms with Crippen LogP contribution in [0.2, 0.25) is 0 Å². The summed E-state index contributed by atoms with van der Waals surface area (Å²) in [5, 5.41) is 4.16. The van der Waals surface area contributed by atoms with Crippen molar-refractivity contribution >= 4 is 17.3 Å². The van der Waals surface area contributed by atoms with E-state index < -0.39 is 6.04 Å². The van der Waals surface area contributed by atoms with Gasteiger partial charge in [0.15, 0.2) is 0 Å². The van der Waals surface area contributed by atoms with Gasteiger partial charge in [0.25, 0.3) is 0 Å². The molecule has 3 nitrogen and oxygen atoms in total. The summed E-state index contributed by atoms with van der Waals surface area (Å²) >= 11 is 1.67. The van der Waals surface area contributed by atoms with Crippen molar-refractivity contribution in [3.63, 3.8) is 0 Å². The maximum Gasteiger partial charge on any atom is 0.322 e. The number of benzene rings is 1. The topological polar surface area (TPSA) is 52.3 Å². The maximum absolute atomic E-state index is 11.2. The molecule has 0 unspecified atom stereocenters. The van der Waals surface area contributed by atoms with Gasteiger partial charge >= 0.3 is 5.97 Å². The van der Waals surface area contributed by atoms with Crippen molar-refractivity contribution in [3.8, 4) is 11.1 Å². The Kier molecular flexibility index (Phi) is 4.12. The Bertz CT molecular complexity index is 505. The van der Waals surface area contributed by atoms with Crippen LogP contribution in [0.25, 0.3) is 11.1 Å². The number of methoxy groups -OCH3 is 1. The average molecular weight is 261 g/mol. The third-order valence-corrected chi connectivity index (χ3v) is 3.45. The molecule has 1 aromatic carbocycles. The van der Waals surface area contributed by atoms with Gasteiger partial charge in [-0.3, -0.25) is 4.79 Å². The van der Waals surface area contributed by atoms with E-state index in [9.17, 15) is 4.79 Å². The second-order valence-corrected chi connectivity index (χ2v) is 4.82. The molecule has 0 saturated heterocycles. The Morgan fingerprint density at radius 2 is 2.00 bits per heavy atom. The molecule has 0 aliphatic carbocycles. The van der Waals surface area contributed by atoms with Crippen LogP contribution in [0, 0.1) is 0 Å². The highest BCUT2D eigenvalue weighted by molar-refractivity contribution is 7.08. The van der Waals surface area contributed by atoms with Gasteiger partial charge in [0.2, 0.25) is 0 Å². The van der Waals surface area contributed by atoms with E-state index in [1.165, 1.54) is 18.2 Å². The number of carbonyl (C=O) groups is 1. The van der Waals surface area contributed by atoms with Gasteiger partial charge in [-0.2, -0.15) is 11.3 Å². The number of hydrogen-bond donors (Lipinski definition) is 1. The fourth-order valence-corrected chi connectivity index (χ4v) is 2.42. The van der Waals surface area contributed by atoms with Crippen LogP contribution in [0.4, 0.5) is 0 Å². The molecule has 0 saturated carbocycles. The number of esters is 1. The Balaban J connectivity index is 2.06. The SMILES string of the molecule is COC(=O)[C@H](N)Cc1ccc(-c2ccsc2)cc1. The lowest BCUT2D eigenvalue weighted by molar-refractivity contribution is -0.142. The average Bonchev–Trinajstić information content (AvgIpc) is 2.92. The van der Waals surface area contributed by atoms with Gasteiger partial charge in [-0.25, -0.2) is 0 Å². The first kappa shape index (κ1) is 12.8. The van der Waals surface area contributed by atoms with Crippen LogP contribution in [-0.4, -0.2) is 19.1 Å². The van der Waals surface area contributed by atoms with E-state index in [4.69, 9.17) is 5.73 Å². The summed E-state index contributed by atoms with van der Waals surface area (Å²) in [5.74, 6) is -0.378. The summed E-state index contributed by atoms with van der Waals surface area (Å²) < 4.78 is 4.60. The monoisotopic (exact) mass is 261 g/mol. The molecule has 0 radical (unpaired) electrons. The molecular formula is C14H15NO2S. The molecule has 0 fully saturated rings. The molecule has 2 N–H and O–H groups in total. The van der Waals surface area contributed by atoms with Crippen LogP contribution in [0.15, 0.2) is 41.1 Å². The summed E-state index contributed by atoms with van der Waals surface area (Å²) in [4.78, 5) is 11.2. The number of thiophene rings is 1. The molecule has 0 aliphatic heterocycles. The Hall–Kier alpha value is -1.65. The van der Waals surface area contributed by atoms with Crippen molar-refractivity contribution in [1.29, 1.82) is 0 Å². The number of hydrogen-bond acceptors (Lipinski definition) is 4. The minimum atomic E-state index is -0.595. The van der Waals surface area contributed by atoms with Crippen LogP contribution >= 0.6 is 11.3 Å². The smallest absolute Gasteiger partial charge is 0.322 e. The molecule has 1 heterocycles. The lowest BCUT2D eigenvalue weighted by Crippen LogP contribution is -2.33. The third kappa shape index (κ3) is 2.97. The number of carbonyl (C=O) groups excluding carboxylic acids is 1. The fourth-order valence-electron chi connectivity index (χ4n) is 1.75. The van der Waals surface area contributed by atoms with E-state index in [1.54, 1.807) is 11.3 Å². The number of nitrogens with two attached hydrogens (primary N) is 1. The molecule has 0 amide bonds. The minimum Gasteiger partial charge on any atom is -0.468 e. The third-order valence-electron chi connectivity index (χ3n) is 2.77. The molecule has 0 spiro atoms. The highest BCUT2D eigenvalue weighted by Crippen LogP contribution is 2.22. The predicted molar refractivity (Wildman–Crippen MR) is 73.5 cm³/mol. The minimum absolute atomic E-state index is 0.378. The van der Waals surface area contributed by atoms with Gasteiger partial charge in [0, 0.05) is 0 Å². The summed E-state index contributed by atoms with van der Waals surface area (Å²) in [6, 6.07) is 9.57. The van der Waals surface area contributed by atoms with Crippen LogP contribution < -0.4 is 5.73 Å². The zero-order valence-electron chi connectivity index (χ0n) is 10.1. The molecule has 4 heteroatoms. The molecule has 18 heavy (non-hydrogen) atoms. The van der Waals surface area contributed by atoms with Gasteiger partial charge in [-0.15, -0.1) is 0 Å². The molecule has 0 aliphatic rings. The highest BCUT2D eigenvalue weighted by Gasteiger charge is 2.13. The van der Waals surface area contributed by atoms with Crippen molar-refractivity contribution in [2.24, 2.45) is 5.73 Å². The van der Waals surface area contributed by atoms with E-state index in [1.807, 2.05) is 24.3 Å². The quantitative estimate of drug-likeness (QED) is 0.860. The summed E-state index contributed by atoms with van der Waals surface area (Å²) in [6.45, 7) is 0. The predicted octanol–water partition coefficient (Wildman–Crippen LogP) is 2.46. The van der Waals surface area contributed by atoms with Gasteiger partial charge < -0.3 is 10.5 Å². The molecule has 1 aromatic heterocycles. The normalized spacial score (nSPS) is 12.1. The summed E-state index contributed by atoms with van der Waals surface area (Å²) in [6.07, 6.45) is 0.497. The van der Waals surface area contributed by atoms with Gasteiger partial charge in [-0.05, 0) is 39.9 Å². The Labute approximate surface area is 110 Å². The van der Waals surface area contributed by atoms with Gasteiger partial charge in [-0.1, -0.05) is 24.3 Å². The van der Waals surface area contributed by atoms with E-state index in [2.05, 4.69) is 21.6 Å². The van der Waals surface area contributed by atoms with E-state index in [0.717, 1.165) is 5.56 Å². The summed E-state index contributed by atoms with van der Waals surface area (Å²) in [7, 11) is 1.35. The van der Waals surface area contributed by atoms with Crippen LogP contribution in [0.5, 0.6) is 0 Å². The van der Waals surface area contributed by atoms with Crippen molar-refractivity contribution in [2.45, 2.75) is 12.5 Å². The van der Waals surface area contributed by atoms with Crippen LogP contribution in [0.3, 0.4) is 0 Å². The molecule has 1 atom stereocenters. The van der Waals surface area contributed by atoms with Crippen LogP contribution in [-0.2, 0) is 16.0 Å². The second-order valence-electron chi connectivity index (χ2n) is 4.04. The Morgan fingerprint density at radius 3 is 2.56 bits per heavy atom. The highest BCUT2D eigenvalue weighted by atomic mass is 32.1. The van der Waals surface area contributed by atoms with Gasteiger partial charge in [0.05, 0.1) is 7.11 Å². The lowest BCUT2D eigenvalue weighted by atomic mass is 10.0. The van der Waals surface area contributed by atoms with Crippen molar-refractivity contribution in [3.05, 3.63) is 46.7 Å². The van der Waals surface area contributed by atoms with Crippen molar-refractivity contribution < 1.29 is 9.53 Å². The van der Waals surface area contributed by atoms with Gasteiger partial charge in [0.1, 0.15) is 6.04 Å². The van der Waals surface area contributed by atoms with E-state index >= 15 is 0 Å². The zero-order chi connectivity index (χ0) is 13.0. The van der Waals surface area contributed by atoms with Crippen molar-refractivity contribution in [1.82, 2.24) is 0 Å². The second kappa shape index (κ2) is 5.80. The number of rotatable bonds is 4. The first-order valence-electron chi connectivity index (χ1n) is 5.65. The molecule has 0 bridgehead atoms.